The van der Waals surface area contributed by atoms with Crippen LogP contribution in [0.4, 0.5) is 0 Å². The van der Waals surface area contributed by atoms with Gasteiger partial charge in [-0.15, -0.1) is 0 Å². The van der Waals surface area contributed by atoms with Crippen LogP contribution in [0.1, 0.15) is 425 Å². The van der Waals surface area contributed by atoms with Crippen LogP contribution in [-0.2, 0) is 32.7 Å². The first-order valence-electron chi connectivity index (χ1n) is 43.3. The minimum atomic E-state index is -4.40. The summed E-state index contributed by atoms with van der Waals surface area (Å²) in [6.07, 6.45) is 112. The molecule has 10 heteroatoms. The quantitative estimate of drug-likeness (QED) is 0.0211. The summed E-state index contributed by atoms with van der Waals surface area (Å²) in [7, 11) is 1.50. The number of hydrogen-bond donors (Lipinski definition) is 1. The van der Waals surface area contributed by atoms with E-state index in [0.29, 0.717) is 23.9 Å². The minimum Gasteiger partial charge on any atom is -0.462 e. The molecule has 0 saturated heterocycles. The number of esters is 2. The minimum absolute atomic E-state index is 0.0332. The van der Waals surface area contributed by atoms with E-state index in [1.807, 2.05) is 21.1 Å². The average molecular weight is 1420 g/mol. The predicted octanol–water partition coefficient (Wildman–Crippen LogP) is 29.2. The number of unbranched alkanes of at least 4 members (excludes halogenated alkanes) is 53. The first-order chi connectivity index (χ1) is 49.0. The van der Waals surface area contributed by atoms with E-state index in [1.54, 1.807) is 0 Å². The summed E-state index contributed by atoms with van der Waals surface area (Å²) >= 11 is 0. The van der Waals surface area contributed by atoms with E-state index in [-0.39, 0.29) is 25.6 Å². The molecule has 0 aliphatic heterocycles. The maximum atomic E-state index is 12.9. The average Bonchev–Trinajstić information content (AvgIpc) is 1.30. The second kappa shape index (κ2) is 80.3. The van der Waals surface area contributed by atoms with Crippen molar-refractivity contribution in [3.8, 4) is 0 Å². The van der Waals surface area contributed by atoms with Crippen LogP contribution in [0.2, 0.25) is 0 Å². The largest absolute Gasteiger partial charge is 0.472 e. The fourth-order valence-electron chi connectivity index (χ4n) is 12.9. The number of phosphoric acid groups is 1. The Balaban J connectivity index is 3.89. The van der Waals surface area contributed by atoms with Gasteiger partial charge in [0.25, 0.3) is 0 Å². The number of phosphoric ester groups is 1. The van der Waals surface area contributed by atoms with Crippen LogP contribution in [0.25, 0.3) is 0 Å². The fraction of sp³-hybridized carbons (Fsp3) is 0.822. The molecule has 0 fully saturated rings. The van der Waals surface area contributed by atoms with Crippen molar-refractivity contribution in [2.45, 2.75) is 431 Å². The summed E-state index contributed by atoms with van der Waals surface area (Å²) in [5, 5.41) is 0. The molecule has 0 aromatic rings. The van der Waals surface area contributed by atoms with Gasteiger partial charge in [-0.3, -0.25) is 18.6 Å². The Labute approximate surface area is 621 Å². The summed E-state index contributed by atoms with van der Waals surface area (Å²) in [5.41, 5.74) is 0. The molecule has 2 unspecified atom stereocenters. The first-order valence-corrected chi connectivity index (χ1v) is 44.8. The van der Waals surface area contributed by atoms with Crippen molar-refractivity contribution in [2.24, 2.45) is 0 Å². The Morgan fingerprint density at radius 3 is 0.850 bits per heavy atom. The van der Waals surface area contributed by atoms with Crippen LogP contribution in [0, 0.1) is 0 Å². The van der Waals surface area contributed by atoms with Gasteiger partial charge in [-0.1, -0.05) is 426 Å². The third-order valence-electron chi connectivity index (χ3n) is 19.4. The maximum absolute atomic E-state index is 12.9. The van der Waals surface area contributed by atoms with Gasteiger partial charge in [-0.25, -0.2) is 4.57 Å². The number of hydrogen-bond acceptors (Lipinski definition) is 7. The molecule has 0 heterocycles. The molecule has 0 amide bonds. The molecule has 0 spiro atoms. The van der Waals surface area contributed by atoms with Gasteiger partial charge in [0, 0.05) is 12.8 Å². The van der Waals surface area contributed by atoms with Gasteiger partial charge in [-0.05, 0) is 70.6 Å². The molecular formula is C90H167NO8P+. The molecule has 0 aliphatic carbocycles. The van der Waals surface area contributed by atoms with Crippen LogP contribution >= 0.6 is 7.82 Å². The number of carbonyl (C=O) groups excluding carboxylic acids is 2. The lowest BCUT2D eigenvalue weighted by atomic mass is 10.0. The molecule has 1 N–H and O–H groups in total. The lowest BCUT2D eigenvalue weighted by Gasteiger charge is -2.24. The van der Waals surface area contributed by atoms with Crippen LogP contribution in [0.3, 0.4) is 0 Å². The van der Waals surface area contributed by atoms with E-state index in [1.165, 1.54) is 315 Å². The molecule has 0 radical (unpaired) electrons. The first kappa shape index (κ1) is 97.2. The third-order valence-corrected chi connectivity index (χ3v) is 20.4. The number of quaternary nitrogens is 1. The zero-order valence-electron chi connectivity index (χ0n) is 66.9. The smallest absolute Gasteiger partial charge is 0.462 e. The normalized spacial score (nSPS) is 13.4. The second-order valence-electron chi connectivity index (χ2n) is 30.6. The Hall–Kier alpha value is -2.81. The molecule has 0 aromatic carbocycles. The summed E-state index contributed by atoms with van der Waals surface area (Å²) in [6, 6.07) is 0. The van der Waals surface area contributed by atoms with Crippen LogP contribution < -0.4 is 0 Å². The topological polar surface area (TPSA) is 108 Å². The number of allylic oxidation sites excluding steroid dienone is 14. The Bertz CT molecular complexity index is 1970. The zero-order valence-corrected chi connectivity index (χ0v) is 67.8. The van der Waals surface area contributed by atoms with E-state index in [4.69, 9.17) is 18.5 Å². The standard InChI is InChI=1S/C90H166NO8P/c1-6-8-10-12-14-16-18-20-22-24-26-28-30-32-34-36-38-40-42-43-44-45-46-47-49-51-53-55-57-59-61-63-65-67-69-71-73-75-77-79-81-83-90(93)99-88(87-98-100(94,95)97-85-84-91(3,4)5)86-96-89(92)82-80-78-76-74-72-70-68-66-64-62-60-58-56-54-52-50-48-41-39-37-35-33-31-29-27-25-23-21-19-17-15-13-11-9-7-2/h8,10,14,16,20,22,26,28,32,34,38,40,43-44,88H,6-7,9,11-13,15,17-19,21,23-25,27,29-31,33,35-37,39,41-42,45-87H2,1-5H3/p+1/b10-8-,16-14-,22-20-,28-26-,34-32-,40-38-,44-43-. The summed E-state index contributed by atoms with van der Waals surface area (Å²) < 4.78 is 34.9. The van der Waals surface area contributed by atoms with Gasteiger partial charge in [0.2, 0.25) is 0 Å². The van der Waals surface area contributed by atoms with E-state index in [2.05, 4.69) is 98.9 Å². The fourth-order valence-corrected chi connectivity index (χ4v) is 13.6. The molecule has 9 nitrogen and oxygen atoms in total. The Morgan fingerprint density at radius 1 is 0.320 bits per heavy atom. The van der Waals surface area contributed by atoms with Crippen molar-refractivity contribution in [1.29, 1.82) is 0 Å². The Kier molecular flexibility index (Phi) is 78.0. The van der Waals surface area contributed by atoms with Crippen LogP contribution in [0.15, 0.2) is 85.1 Å². The van der Waals surface area contributed by atoms with E-state index in [9.17, 15) is 19.0 Å². The zero-order chi connectivity index (χ0) is 72.5. The molecule has 2 atom stereocenters. The van der Waals surface area contributed by atoms with Gasteiger partial charge in [0.1, 0.15) is 19.8 Å². The summed E-state index contributed by atoms with van der Waals surface area (Å²) in [5.74, 6) is -0.774. The number of nitrogens with zero attached hydrogens (tertiary/aromatic N) is 1. The highest BCUT2D eigenvalue weighted by Crippen LogP contribution is 2.43. The Morgan fingerprint density at radius 2 is 0.570 bits per heavy atom. The molecule has 0 bridgehead atoms. The molecular weight excluding hydrogens is 1250 g/mol. The van der Waals surface area contributed by atoms with Gasteiger partial charge in [0.15, 0.2) is 6.10 Å². The molecule has 0 rings (SSSR count). The summed E-state index contributed by atoms with van der Waals surface area (Å²) in [6.45, 7) is 4.39. The van der Waals surface area contributed by atoms with Crippen molar-refractivity contribution in [3.05, 3.63) is 85.1 Å². The number of ether oxygens (including phenoxy) is 2. The molecule has 100 heavy (non-hydrogen) atoms. The predicted molar refractivity (Wildman–Crippen MR) is 436 cm³/mol. The molecule has 0 saturated carbocycles. The monoisotopic (exact) mass is 1420 g/mol. The highest BCUT2D eigenvalue weighted by Gasteiger charge is 2.27. The van der Waals surface area contributed by atoms with Gasteiger partial charge in [-0.2, -0.15) is 0 Å². The van der Waals surface area contributed by atoms with Crippen molar-refractivity contribution < 1.29 is 42.1 Å². The van der Waals surface area contributed by atoms with Gasteiger partial charge >= 0.3 is 19.8 Å². The number of likely N-dealkylation sites (N-methyl/N-ethyl adjacent to an activating group) is 1. The highest BCUT2D eigenvalue weighted by atomic mass is 31.2. The van der Waals surface area contributed by atoms with Crippen molar-refractivity contribution in [2.75, 3.05) is 47.5 Å². The lowest BCUT2D eigenvalue weighted by molar-refractivity contribution is -0.870. The van der Waals surface area contributed by atoms with Crippen LogP contribution in [0.5, 0.6) is 0 Å². The van der Waals surface area contributed by atoms with Crippen molar-refractivity contribution in [3.63, 3.8) is 0 Å². The van der Waals surface area contributed by atoms with E-state index >= 15 is 0 Å². The molecule has 584 valence electrons. The maximum Gasteiger partial charge on any atom is 0.472 e. The third kappa shape index (κ3) is 84.1. The SMILES string of the molecule is CC/C=C\C/C=C\C/C=C\C/C=C\C/C=C\C/C=C\C/C=C\CCCCCCCCCCCCCCCCCCCCCC(=O)OC(COC(=O)CCCCCCCCCCCCCCCCCCCCCCCCCCCCCCCCCCCCC)COP(=O)(O)OCC[N+](C)(C)C. The summed E-state index contributed by atoms with van der Waals surface area (Å²) in [4.78, 5) is 36.0. The molecule has 0 aliphatic rings. The van der Waals surface area contributed by atoms with Crippen molar-refractivity contribution in [1.82, 2.24) is 0 Å². The van der Waals surface area contributed by atoms with Crippen molar-refractivity contribution >= 4 is 19.8 Å². The van der Waals surface area contributed by atoms with Gasteiger partial charge < -0.3 is 18.9 Å². The molecule has 0 aromatic heterocycles. The van der Waals surface area contributed by atoms with Gasteiger partial charge in [0.05, 0.1) is 27.7 Å². The van der Waals surface area contributed by atoms with Crippen LogP contribution in [-0.4, -0.2) is 74.9 Å². The highest BCUT2D eigenvalue weighted by molar-refractivity contribution is 7.47. The number of rotatable bonds is 81. The second-order valence-corrected chi connectivity index (χ2v) is 32.0. The number of carbonyl (C=O) groups is 2. The lowest BCUT2D eigenvalue weighted by Crippen LogP contribution is -2.37. The van der Waals surface area contributed by atoms with E-state index in [0.717, 1.165) is 77.0 Å². The van der Waals surface area contributed by atoms with E-state index < -0.39 is 26.5 Å².